The summed E-state index contributed by atoms with van der Waals surface area (Å²) in [7, 11) is 1.82. The van der Waals surface area contributed by atoms with Crippen LogP contribution in [0.25, 0.3) is 0 Å². The van der Waals surface area contributed by atoms with Gasteiger partial charge in [-0.1, -0.05) is 20.3 Å². The molecule has 0 aliphatic carbocycles. The molecule has 1 aromatic rings. The molecule has 112 valence electrons. The van der Waals surface area contributed by atoms with Crippen LogP contribution in [0.15, 0.2) is 6.33 Å². The molecule has 1 heterocycles. The summed E-state index contributed by atoms with van der Waals surface area (Å²) in [6, 6.07) is -1.37. The van der Waals surface area contributed by atoms with E-state index in [4.69, 9.17) is 5.11 Å². The number of carboxylic acids is 1. The summed E-state index contributed by atoms with van der Waals surface area (Å²) in [5.74, 6) is -0.401. The molecule has 8 heteroatoms. The lowest BCUT2D eigenvalue weighted by atomic mass is 9.99. The smallest absolute Gasteiger partial charge is 0.326 e. The molecule has 0 fully saturated rings. The van der Waals surface area contributed by atoms with Gasteiger partial charge >= 0.3 is 12.0 Å². The number of rotatable bonds is 7. The van der Waals surface area contributed by atoms with E-state index < -0.39 is 18.0 Å². The third kappa shape index (κ3) is 4.52. The number of carboxylic acid groups (broad SMARTS) is 1. The van der Waals surface area contributed by atoms with Crippen LogP contribution < -0.4 is 10.6 Å². The van der Waals surface area contributed by atoms with Crippen molar-refractivity contribution in [3.05, 3.63) is 12.2 Å². The van der Waals surface area contributed by atoms with Gasteiger partial charge in [-0.25, -0.2) is 9.59 Å². The zero-order valence-electron chi connectivity index (χ0n) is 12.0. The van der Waals surface area contributed by atoms with Crippen LogP contribution in [-0.2, 0) is 18.3 Å². The van der Waals surface area contributed by atoms with Crippen LogP contribution in [0, 0.1) is 5.92 Å². The number of carbonyl (C=O) groups is 2. The molecule has 2 atom stereocenters. The maximum absolute atomic E-state index is 11.7. The van der Waals surface area contributed by atoms with Gasteiger partial charge in [-0.05, 0) is 5.92 Å². The Balaban J connectivity index is 2.39. The molecule has 0 radical (unpaired) electrons. The highest BCUT2D eigenvalue weighted by Gasteiger charge is 2.25. The van der Waals surface area contributed by atoms with Crippen molar-refractivity contribution >= 4 is 12.0 Å². The highest BCUT2D eigenvalue weighted by Crippen LogP contribution is 2.07. The van der Waals surface area contributed by atoms with E-state index >= 15 is 0 Å². The van der Waals surface area contributed by atoms with Gasteiger partial charge in [-0.2, -0.15) is 0 Å². The Bertz CT molecular complexity index is 460. The monoisotopic (exact) mass is 283 g/mol. The molecule has 8 nitrogen and oxygen atoms in total. The zero-order chi connectivity index (χ0) is 15.1. The fourth-order valence-electron chi connectivity index (χ4n) is 1.70. The number of nitrogens with one attached hydrogen (secondary N) is 2. The normalized spacial score (nSPS) is 13.6. The predicted molar refractivity (Wildman–Crippen MR) is 72.1 cm³/mol. The van der Waals surface area contributed by atoms with Gasteiger partial charge in [0.15, 0.2) is 0 Å². The predicted octanol–water partition coefficient (Wildman–Crippen LogP) is 0.156. The van der Waals surface area contributed by atoms with Crippen molar-refractivity contribution in [1.29, 1.82) is 0 Å². The summed E-state index contributed by atoms with van der Waals surface area (Å²) in [5.41, 5.74) is 0. The van der Waals surface area contributed by atoms with E-state index in [-0.39, 0.29) is 5.92 Å². The van der Waals surface area contributed by atoms with Crippen LogP contribution in [0.3, 0.4) is 0 Å². The first-order valence-electron chi connectivity index (χ1n) is 6.55. The van der Waals surface area contributed by atoms with Crippen molar-refractivity contribution in [3.63, 3.8) is 0 Å². The Labute approximate surface area is 117 Å². The highest BCUT2D eigenvalue weighted by molar-refractivity contribution is 5.82. The van der Waals surface area contributed by atoms with Gasteiger partial charge in [0, 0.05) is 20.0 Å². The Morgan fingerprint density at radius 1 is 1.50 bits per heavy atom. The minimum Gasteiger partial charge on any atom is -0.480 e. The largest absolute Gasteiger partial charge is 0.480 e. The van der Waals surface area contributed by atoms with Crippen molar-refractivity contribution in [1.82, 2.24) is 25.4 Å². The molecule has 0 saturated carbocycles. The number of carbonyl (C=O) groups excluding carboxylic acids is 1. The number of hydrogen-bond donors (Lipinski definition) is 3. The van der Waals surface area contributed by atoms with Gasteiger partial charge in [0.1, 0.15) is 18.2 Å². The molecular weight excluding hydrogens is 262 g/mol. The number of aryl methyl sites for hydroxylation is 1. The Morgan fingerprint density at radius 2 is 2.20 bits per heavy atom. The van der Waals surface area contributed by atoms with E-state index in [1.165, 1.54) is 0 Å². The molecule has 1 unspecified atom stereocenters. The first-order chi connectivity index (χ1) is 9.45. The summed E-state index contributed by atoms with van der Waals surface area (Å²) < 4.78 is 1.76. The lowest BCUT2D eigenvalue weighted by Crippen LogP contribution is -2.49. The number of nitrogens with zero attached hydrogens (tertiary/aromatic N) is 3. The van der Waals surface area contributed by atoms with Crippen molar-refractivity contribution in [3.8, 4) is 0 Å². The van der Waals surface area contributed by atoms with Gasteiger partial charge in [-0.15, -0.1) is 10.2 Å². The molecule has 0 aliphatic heterocycles. The summed E-state index contributed by atoms with van der Waals surface area (Å²) >= 11 is 0. The van der Waals surface area contributed by atoms with Crippen LogP contribution in [0.2, 0.25) is 0 Å². The van der Waals surface area contributed by atoms with E-state index in [1.54, 1.807) is 17.8 Å². The molecule has 20 heavy (non-hydrogen) atoms. The van der Waals surface area contributed by atoms with Crippen LogP contribution >= 0.6 is 0 Å². The van der Waals surface area contributed by atoms with Gasteiger partial charge in [0.05, 0.1) is 0 Å². The minimum absolute atomic E-state index is 0.128. The summed E-state index contributed by atoms with van der Waals surface area (Å²) in [4.78, 5) is 22.7. The number of urea groups is 1. The van der Waals surface area contributed by atoms with Crippen LogP contribution in [0.4, 0.5) is 4.79 Å². The molecule has 3 N–H and O–H groups in total. The molecule has 2 amide bonds. The van der Waals surface area contributed by atoms with Crippen LogP contribution in [-0.4, -0.2) is 44.5 Å². The van der Waals surface area contributed by atoms with Crippen LogP contribution in [0.5, 0.6) is 0 Å². The SMILES string of the molecule is CCC(C)[C@H](NC(=O)NCCc1nncn1C)C(=O)O. The minimum atomic E-state index is -1.03. The van der Waals surface area contributed by atoms with Gasteiger partial charge in [0.25, 0.3) is 0 Å². The summed E-state index contributed by atoms with van der Waals surface area (Å²) in [6.07, 6.45) is 2.79. The average molecular weight is 283 g/mol. The number of hydrogen-bond acceptors (Lipinski definition) is 4. The zero-order valence-corrected chi connectivity index (χ0v) is 12.0. The van der Waals surface area contributed by atoms with Gasteiger partial charge in [0.2, 0.25) is 0 Å². The number of aliphatic carboxylic acids is 1. The second kappa shape index (κ2) is 7.46. The molecule has 1 rings (SSSR count). The first kappa shape index (κ1) is 15.9. The topological polar surface area (TPSA) is 109 Å². The molecule has 1 aromatic heterocycles. The Kier molecular flexibility index (Phi) is 5.95. The van der Waals surface area contributed by atoms with E-state index in [0.717, 1.165) is 5.82 Å². The third-order valence-corrected chi connectivity index (χ3v) is 3.20. The molecular formula is C12H21N5O3. The average Bonchev–Trinajstić information content (AvgIpc) is 2.80. The van der Waals surface area contributed by atoms with E-state index in [0.29, 0.717) is 19.4 Å². The van der Waals surface area contributed by atoms with Crippen molar-refractivity contribution < 1.29 is 14.7 Å². The number of amides is 2. The highest BCUT2D eigenvalue weighted by atomic mass is 16.4. The van der Waals surface area contributed by atoms with Crippen molar-refractivity contribution in [2.45, 2.75) is 32.7 Å². The first-order valence-corrected chi connectivity index (χ1v) is 6.55. The summed E-state index contributed by atoms with van der Waals surface area (Å²) in [6.45, 7) is 4.04. The van der Waals surface area contributed by atoms with Gasteiger partial charge < -0.3 is 20.3 Å². The van der Waals surface area contributed by atoms with E-state index in [1.807, 2.05) is 14.0 Å². The molecule has 0 aromatic carbocycles. The van der Waals surface area contributed by atoms with E-state index in [2.05, 4.69) is 20.8 Å². The lowest BCUT2D eigenvalue weighted by molar-refractivity contribution is -0.140. The fraction of sp³-hybridized carbons (Fsp3) is 0.667. The van der Waals surface area contributed by atoms with E-state index in [9.17, 15) is 9.59 Å². The van der Waals surface area contributed by atoms with Crippen molar-refractivity contribution in [2.24, 2.45) is 13.0 Å². The molecule has 0 aliphatic rings. The Morgan fingerprint density at radius 3 is 2.70 bits per heavy atom. The fourth-order valence-corrected chi connectivity index (χ4v) is 1.70. The quantitative estimate of drug-likeness (QED) is 0.660. The third-order valence-electron chi connectivity index (χ3n) is 3.20. The second-order valence-electron chi connectivity index (χ2n) is 4.71. The Hall–Kier alpha value is -2.12. The maximum Gasteiger partial charge on any atom is 0.326 e. The van der Waals surface area contributed by atoms with Crippen LogP contribution in [0.1, 0.15) is 26.1 Å². The number of aromatic nitrogens is 3. The molecule has 0 saturated heterocycles. The standard InChI is InChI=1S/C12H21N5O3/c1-4-8(2)10(11(18)19)15-12(20)13-6-5-9-16-14-7-17(9)3/h7-8,10H,4-6H2,1-3H3,(H,18,19)(H2,13,15,20)/t8?,10-/m0/s1. The molecule has 0 bridgehead atoms. The van der Waals surface area contributed by atoms with Crippen molar-refractivity contribution in [2.75, 3.05) is 6.54 Å². The molecule has 0 spiro atoms. The second-order valence-corrected chi connectivity index (χ2v) is 4.71. The lowest BCUT2D eigenvalue weighted by Gasteiger charge is -2.20. The maximum atomic E-state index is 11.7. The van der Waals surface area contributed by atoms with Gasteiger partial charge in [-0.3, -0.25) is 0 Å². The summed E-state index contributed by atoms with van der Waals surface area (Å²) in [5, 5.41) is 21.8.